The molecule has 7 nitrogen and oxygen atoms in total. The number of ether oxygens (including phenoxy) is 1. The van der Waals surface area contributed by atoms with Crippen molar-refractivity contribution in [3.8, 4) is 0 Å². The smallest absolute Gasteiger partial charge is 0.352 e. The third-order valence-electron chi connectivity index (χ3n) is 7.26. The second kappa shape index (κ2) is 9.39. The van der Waals surface area contributed by atoms with E-state index in [1.807, 2.05) is 39.8 Å². The van der Waals surface area contributed by atoms with Crippen molar-refractivity contribution < 1.29 is 27.8 Å². The van der Waals surface area contributed by atoms with Crippen molar-refractivity contribution in [3.63, 3.8) is 0 Å². The highest BCUT2D eigenvalue weighted by Gasteiger charge is 2.65. The number of carbonyl (C=O) groups excluding carboxylic acids is 1. The number of rotatable bonds is 7. The summed E-state index contributed by atoms with van der Waals surface area (Å²) >= 11 is 0. The van der Waals surface area contributed by atoms with Gasteiger partial charge >= 0.3 is 5.92 Å². The fourth-order valence-electron chi connectivity index (χ4n) is 6.45. The molecule has 1 saturated carbocycles. The topological polar surface area (TPSA) is 88.7 Å². The van der Waals surface area contributed by atoms with Gasteiger partial charge in [0.05, 0.1) is 6.61 Å². The lowest BCUT2D eigenvalue weighted by Gasteiger charge is -2.51. The van der Waals surface area contributed by atoms with Gasteiger partial charge in [0.25, 0.3) is 5.91 Å². The number of likely N-dealkylation sites (tertiary alicyclic amines) is 1. The Morgan fingerprint density at radius 3 is 2.57 bits per heavy atom. The quantitative estimate of drug-likeness (QED) is 0.576. The lowest BCUT2D eigenvalue weighted by molar-refractivity contribution is -0.231. The molecule has 1 aliphatic heterocycles. The second-order valence-electron chi connectivity index (χ2n) is 12.0. The molecule has 0 radical (unpaired) electrons. The molecule has 2 fully saturated rings. The first-order valence-corrected chi connectivity index (χ1v) is 12.5. The molecule has 1 aromatic rings. The third kappa shape index (κ3) is 5.50. The SMILES string of the molecule is CC1(C)CC(C)(C)CC(O)(C(F)(F)C(=O)N2CCCC2c2nnc(COCC3C=CC=CC3)o2)C1. The molecule has 1 saturated heterocycles. The molecule has 2 heterocycles. The fraction of sp³-hybridized carbons (Fsp3) is 0.731. The number of carbonyl (C=O) groups is 1. The Balaban J connectivity index is 1.44. The monoisotopic (exact) mass is 493 g/mol. The van der Waals surface area contributed by atoms with Crippen LogP contribution in [0.4, 0.5) is 8.78 Å². The maximum atomic E-state index is 15.7. The van der Waals surface area contributed by atoms with Gasteiger partial charge in [0.15, 0.2) is 0 Å². The first-order valence-electron chi connectivity index (χ1n) is 12.5. The van der Waals surface area contributed by atoms with E-state index in [9.17, 15) is 9.90 Å². The molecule has 4 rings (SSSR count). The highest BCUT2D eigenvalue weighted by Crippen LogP contribution is 2.55. The maximum absolute atomic E-state index is 15.7. The van der Waals surface area contributed by atoms with Gasteiger partial charge in [-0.1, -0.05) is 52.0 Å². The van der Waals surface area contributed by atoms with E-state index < -0.39 is 34.3 Å². The van der Waals surface area contributed by atoms with Gasteiger partial charge in [-0.05, 0) is 49.4 Å². The number of alkyl halides is 2. The number of aliphatic hydroxyl groups is 1. The molecule has 194 valence electrons. The number of halogens is 2. The Hall–Kier alpha value is -2.13. The highest BCUT2D eigenvalue weighted by molar-refractivity contribution is 5.85. The Morgan fingerprint density at radius 2 is 1.91 bits per heavy atom. The van der Waals surface area contributed by atoms with Crippen molar-refractivity contribution in [2.24, 2.45) is 16.7 Å². The Morgan fingerprint density at radius 1 is 1.20 bits per heavy atom. The molecule has 2 atom stereocenters. The van der Waals surface area contributed by atoms with Crippen LogP contribution in [0.15, 0.2) is 28.7 Å². The lowest BCUT2D eigenvalue weighted by atomic mass is 9.58. The van der Waals surface area contributed by atoms with Crippen LogP contribution in [-0.4, -0.2) is 50.8 Å². The van der Waals surface area contributed by atoms with Crippen LogP contribution in [0.2, 0.25) is 0 Å². The third-order valence-corrected chi connectivity index (χ3v) is 7.26. The predicted octanol–water partition coefficient (Wildman–Crippen LogP) is 4.98. The molecule has 2 unspecified atom stereocenters. The summed E-state index contributed by atoms with van der Waals surface area (Å²) in [6.45, 7) is 8.22. The average Bonchev–Trinajstić information content (AvgIpc) is 3.40. The molecule has 1 aromatic heterocycles. The standard InChI is InChI=1S/C26H37F2N3O4/c1-23(2)15-24(3,4)17-25(33,16-23)26(27,28)22(32)31-12-8-11-19(31)21-30-29-20(35-21)14-34-13-18-9-6-5-7-10-18/h5-7,9,18-19,33H,8,10-17H2,1-4H3. The molecule has 3 aliphatic rings. The number of aromatic nitrogens is 2. The van der Waals surface area contributed by atoms with E-state index in [-0.39, 0.29) is 43.7 Å². The number of allylic oxidation sites excluding steroid dienone is 3. The van der Waals surface area contributed by atoms with Gasteiger partial charge < -0.3 is 19.2 Å². The number of hydrogen-bond acceptors (Lipinski definition) is 6. The van der Waals surface area contributed by atoms with Gasteiger partial charge in [-0.2, -0.15) is 8.78 Å². The molecule has 1 amide bonds. The zero-order chi connectivity index (χ0) is 25.5. The average molecular weight is 494 g/mol. The van der Waals surface area contributed by atoms with Gasteiger partial charge in [-0.3, -0.25) is 4.79 Å². The summed E-state index contributed by atoms with van der Waals surface area (Å²) in [6.07, 6.45) is 10.4. The summed E-state index contributed by atoms with van der Waals surface area (Å²) in [5.74, 6) is -4.64. The van der Waals surface area contributed by atoms with Crippen LogP contribution < -0.4 is 0 Å². The van der Waals surface area contributed by atoms with E-state index in [1.165, 1.54) is 0 Å². The van der Waals surface area contributed by atoms with Crippen LogP contribution in [-0.2, 0) is 16.1 Å². The van der Waals surface area contributed by atoms with Crippen molar-refractivity contribution in [2.75, 3.05) is 13.2 Å². The maximum Gasteiger partial charge on any atom is 0.352 e. The first kappa shape index (κ1) is 25.9. The number of hydrogen-bond donors (Lipinski definition) is 1. The van der Waals surface area contributed by atoms with E-state index in [1.54, 1.807) is 0 Å². The van der Waals surface area contributed by atoms with Crippen molar-refractivity contribution in [2.45, 2.75) is 90.4 Å². The molecule has 1 N–H and O–H groups in total. The van der Waals surface area contributed by atoms with Crippen molar-refractivity contribution in [3.05, 3.63) is 36.1 Å². The van der Waals surface area contributed by atoms with Crippen LogP contribution >= 0.6 is 0 Å². The summed E-state index contributed by atoms with van der Waals surface area (Å²) in [4.78, 5) is 14.3. The normalized spacial score (nSPS) is 27.3. The molecular formula is C26H37F2N3O4. The first-order chi connectivity index (χ1) is 16.3. The van der Waals surface area contributed by atoms with E-state index in [4.69, 9.17) is 9.15 Å². The second-order valence-corrected chi connectivity index (χ2v) is 12.0. The summed E-state index contributed by atoms with van der Waals surface area (Å²) in [6, 6.07) is -0.741. The van der Waals surface area contributed by atoms with E-state index in [0.29, 0.717) is 25.9 Å². The van der Waals surface area contributed by atoms with Gasteiger partial charge in [-0.25, -0.2) is 0 Å². The van der Waals surface area contributed by atoms with Crippen LogP contribution in [0, 0.1) is 16.7 Å². The minimum Gasteiger partial charge on any atom is -0.420 e. The van der Waals surface area contributed by atoms with Crippen molar-refractivity contribution in [1.82, 2.24) is 15.1 Å². The predicted molar refractivity (Wildman–Crippen MR) is 125 cm³/mol. The van der Waals surface area contributed by atoms with Crippen molar-refractivity contribution in [1.29, 1.82) is 0 Å². The van der Waals surface area contributed by atoms with Crippen LogP contribution in [0.3, 0.4) is 0 Å². The molecule has 0 aromatic carbocycles. The highest BCUT2D eigenvalue weighted by atomic mass is 19.3. The van der Waals surface area contributed by atoms with Gasteiger partial charge in [0, 0.05) is 12.5 Å². The molecular weight excluding hydrogens is 456 g/mol. The van der Waals surface area contributed by atoms with Gasteiger partial charge in [0.2, 0.25) is 11.8 Å². The summed E-state index contributed by atoms with van der Waals surface area (Å²) < 4.78 is 42.8. The van der Waals surface area contributed by atoms with E-state index in [0.717, 1.165) is 11.3 Å². The minimum atomic E-state index is -3.93. The van der Waals surface area contributed by atoms with Gasteiger partial charge in [-0.15, -0.1) is 10.2 Å². The summed E-state index contributed by atoms with van der Waals surface area (Å²) in [5.41, 5.74) is -3.45. The largest absolute Gasteiger partial charge is 0.420 e. The molecule has 9 heteroatoms. The van der Waals surface area contributed by atoms with Crippen LogP contribution in [0.5, 0.6) is 0 Å². The number of nitrogens with zero attached hydrogens (tertiary/aromatic N) is 3. The molecule has 0 spiro atoms. The van der Waals surface area contributed by atoms with E-state index >= 15 is 8.78 Å². The van der Waals surface area contributed by atoms with Crippen molar-refractivity contribution >= 4 is 5.91 Å². The lowest BCUT2D eigenvalue weighted by Crippen LogP contribution is -2.62. The van der Waals surface area contributed by atoms with E-state index in [2.05, 4.69) is 22.3 Å². The van der Waals surface area contributed by atoms with Gasteiger partial charge in [0.1, 0.15) is 18.2 Å². The fourth-order valence-corrected chi connectivity index (χ4v) is 6.45. The Labute approximate surface area is 205 Å². The summed E-state index contributed by atoms with van der Waals surface area (Å²) in [7, 11) is 0. The number of amides is 1. The van der Waals surface area contributed by atoms with Crippen LogP contribution in [0.25, 0.3) is 0 Å². The Kier molecular flexibility index (Phi) is 6.96. The summed E-state index contributed by atoms with van der Waals surface area (Å²) in [5, 5.41) is 19.2. The van der Waals surface area contributed by atoms with Crippen LogP contribution in [0.1, 0.15) is 84.0 Å². The zero-order valence-corrected chi connectivity index (χ0v) is 21.1. The zero-order valence-electron chi connectivity index (χ0n) is 21.1. The minimum absolute atomic E-state index is 0.113. The Bertz CT molecular complexity index is 969. The molecule has 2 aliphatic carbocycles. The molecule has 0 bridgehead atoms. The molecule has 35 heavy (non-hydrogen) atoms.